The number of hydrogen-bond acceptors (Lipinski definition) is 2. The highest BCUT2D eigenvalue weighted by molar-refractivity contribution is 5.77. The van der Waals surface area contributed by atoms with Gasteiger partial charge in [-0.15, -0.1) is 0 Å². The highest BCUT2D eigenvalue weighted by atomic mass is 15.1. The number of aromatic nitrogens is 2. The molecule has 2 aromatic rings. The maximum absolute atomic E-state index is 5.83. The third-order valence-corrected chi connectivity index (χ3v) is 4.16. The number of nitrogens with zero attached hydrogens (tertiary/aromatic N) is 2. The largest absolute Gasteiger partial charge is 0.331 e. The zero-order valence-electron chi connectivity index (χ0n) is 12.1. The lowest BCUT2D eigenvalue weighted by atomic mass is 9.86. The summed E-state index contributed by atoms with van der Waals surface area (Å²) in [5, 5.41) is 0. The van der Waals surface area contributed by atoms with Gasteiger partial charge in [0.15, 0.2) is 0 Å². The Kier molecular flexibility index (Phi) is 2.90. The van der Waals surface area contributed by atoms with Gasteiger partial charge in [-0.1, -0.05) is 19.9 Å². The first-order chi connectivity index (χ1) is 9.00. The van der Waals surface area contributed by atoms with Crippen molar-refractivity contribution in [2.75, 3.05) is 6.54 Å². The van der Waals surface area contributed by atoms with E-state index in [2.05, 4.69) is 43.7 Å². The van der Waals surface area contributed by atoms with Crippen molar-refractivity contribution in [3.8, 4) is 0 Å². The fourth-order valence-electron chi connectivity index (χ4n) is 2.70. The van der Waals surface area contributed by atoms with Gasteiger partial charge in [-0.25, -0.2) is 4.98 Å². The Morgan fingerprint density at radius 1 is 1.37 bits per heavy atom. The zero-order valence-corrected chi connectivity index (χ0v) is 12.1. The first-order valence-electron chi connectivity index (χ1n) is 7.15. The van der Waals surface area contributed by atoms with Crippen LogP contribution in [0.3, 0.4) is 0 Å². The van der Waals surface area contributed by atoms with Gasteiger partial charge in [-0.05, 0) is 48.9 Å². The average molecular weight is 257 g/mol. The van der Waals surface area contributed by atoms with Crippen LogP contribution in [-0.4, -0.2) is 16.1 Å². The van der Waals surface area contributed by atoms with Crippen LogP contribution < -0.4 is 5.73 Å². The summed E-state index contributed by atoms with van der Waals surface area (Å²) >= 11 is 0. The van der Waals surface area contributed by atoms with Gasteiger partial charge in [0.1, 0.15) is 5.82 Å². The summed E-state index contributed by atoms with van der Waals surface area (Å²) in [5.74, 6) is 1.95. The molecule has 2 N–H and O–H groups in total. The van der Waals surface area contributed by atoms with Crippen LogP contribution in [0.1, 0.15) is 44.0 Å². The average Bonchev–Trinajstić information content (AvgIpc) is 3.16. The number of fused-ring (bicyclic) bond motifs is 1. The molecule has 0 spiro atoms. The number of hydrogen-bond donors (Lipinski definition) is 1. The molecule has 0 unspecified atom stereocenters. The summed E-state index contributed by atoms with van der Waals surface area (Å²) in [4.78, 5) is 4.77. The third kappa shape index (κ3) is 2.39. The second-order valence-electron chi connectivity index (χ2n) is 6.67. The summed E-state index contributed by atoms with van der Waals surface area (Å²) in [6, 6.07) is 6.64. The van der Waals surface area contributed by atoms with Crippen LogP contribution in [0.25, 0.3) is 11.0 Å². The van der Waals surface area contributed by atoms with E-state index in [9.17, 15) is 0 Å². The van der Waals surface area contributed by atoms with E-state index in [4.69, 9.17) is 10.7 Å². The molecule has 1 aromatic heterocycles. The van der Waals surface area contributed by atoms with Crippen molar-refractivity contribution in [1.29, 1.82) is 0 Å². The molecule has 1 heterocycles. The third-order valence-electron chi connectivity index (χ3n) is 4.16. The summed E-state index contributed by atoms with van der Waals surface area (Å²) in [6.45, 7) is 5.15. The molecule has 1 aromatic carbocycles. The molecule has 0 bridgehead atoms. The van der Waals surface area contributed by atoms with Gasteiger partial charge in [-0.3, -0.25) is 0 Å². The SMILES string of the molecule is Cn1c(C2CC2)nc2ccc(CC(C)(C)CN)cc21. The topological polar surface area (TPSA) is 43.8 Å². The zero-order chi connectivity index (χ0) is 13.6. The Balaban J connectivity index is 1.98. The molecule has 19 heavy (non-hydrogen) atoms. The van der Waals surface area contributed by atoms with Crippen LogP contribution in [0.5, 0.6) is 0 Å². The van der Waals surface area contributed by atoms with Crippen molar-refractivity contribution in [3.63, 3.8) is 0 Å². The van der Waals surface area contributed by atoms with Crippen molar-refractivity contribution < 1.29 is 0 Å². The lowest BCUT2D eigenvalue weighted by Gasteiger charge is -2.22. The molecule has 3 rings (SSSR count). The number of imidazole rings is 1. The smallest absolute Gasteiger partial charge is 0.112 e. The fourth-order valence-corrected chi connectivity index (χ4v) is 2.70. The van der Waals surface area contributed by atoms with Crippen LogP contribution in [0.4, 0.5) is 0 Å². The standard InChI is InChI=1S/C16H23N3/c1-16(2,10-17)9-11-4-7-13-14(8-11)19(3)15(18-13)12-5-6-12/h4,7-8,12H,5-6,9-10,17H2,1-3H3. The molecule has 1 aliphatic carbocycles. The van der Waals surface area contributed by atoms with Crippen LogP contribution in [0.15, 0.2) is 18.2 Å². The maximum atomic E-state index is 5.83. The minimum atomic E-state index is 0.158. The van der Waals surface area contributed by atoms with Gasteiger partial charge in [-0.2, -0.15) is 0 Å². The Morgan fingerprint density at radius 3 is 2.74 bits per heavy atom. The predicted molar refractivity (Wildman–Crippen MR) is 79.2 cm³/mol. The van der Waals surface area contributed by atoms with Crippen LogP contribution in [0.2, 0.25) is 0 Å². The molecular weight excluding hydrogens is 234 g/mol. The molecule has 0 amide bonds. The first-order valence-corrected chi connectivity index (χ1v) is 7.15. The molecule has 1 aliphatic rings. The van der Waals surface area contributed by atoms with E-state index in [1.807, 2.05) is 0 Å². The minimum Gasteiger partial charge on any atom is -0.331 e. The molecular formula is C16H23N3. The monoisotopic (exact) mass is 257 g/mol. The highest BCUT2D eigenvalue weighted by Gasteiger charge is 2.28. The molecule has 1 fully saturated rings. The number of benzene rings is 1. The Morgan fingerprint density at radius 2 is 2.11 bits per heavy atom. The Labute approximate surface area is 114 Å². The van der Waals surface area contributed by atoms with E-state index in [0.29, 0.717) is 12.5 Å². The molecule has 3 nitrogen and oxygen atoms in total. The Bertz CT molecular complexity index is 606. The summed E-state index contributed by atoms with van der Waals surface area (Å²) < 4.78 is 2.27. The minimum absolute atomic E-state index is 0.158. The van der Waals surface area contributed by atoms with E-state index in [0.717, 1.165) is 11.9 Å². The molecule has 102 valence electrons. The van der Waals surface area contributed by atoms with Gasteiger partial charge < -0.3 is 10.3 Å². The number of rotatable bonds is 4. The predicted octanol–water partition coefficient (Wildman–Crippen LogP) is 2.98. The Hall–Kier alpha value is -1.35. The molecule has 1 saturated carbocycles. The van der Waals surface area contributed by atoms with E-state index in [-0.39, 0.29) is 5.41 Å². The van der Waals surface area contributed by atoms with E-state index < -0.39 is 0 Å². The highest BCUT2D eigenvalue weighted by Crippen LogP contribution is 2.40. The maximum Gasteiger partial charge on any atom is 0.112 e. The van der Waals surface area contributed by atoms with Crippen LogP contribution >= 0.6 is 0 Å². The van der Waals surface area contributed by atoms with Crippen molar-refractivity contribution in [2.24, 2.45) is 18.2 Å². The van der Waals surface area contributed by atoms with Gasteiger partial charge >= 0.3 is 0 Å². The quantitative estimate of drug-likeness (QED) is 0.915. The summed E-state index contributed by atoms with van der Waals surface area (Å²) in [6.07, 6.45) is 3.61. The molecule has 0 aliphatic heterocycles. The van der Waals surface area contributed by atoms with Gasteiger partial charge in [0, 0.05) is 13.0 Å². The summed E-state index contributed by atoms with van der Waals surface area (Å²) in [7, 11) is 2.14. The second kappa shape index (κ2) is 4.34. The van der Waals surface area contributed by atoms with Crippen molar-refractivity contribution >= 4 is 11.0 Å². The first kappa shape index (κ1) is 12.7. The van der Waals surface area contributed by atoms with E-state index >= 15 is 0 Å². The second-order valence-corrected chi connectivity index (χ2v) is 6.67. The van der Waals surface area contributed by atoms with Crippen molar-refractivity contribution in [1.82, 2.24) is 9.55 Å². The fraction of sp³-hybridized carbons (Fsp3) is 0.562. The molecule has 0 atom stereocenters. The number of aryl methyl sites for hydroxylation is 1. The molecule has 0 radical (unpaired) electrons. The van der Waals surface area contributed by atoms with Crippen LogP contribution in [0, 0.1) is 5.41 Å². The van der Waals surface area contributed by atoms with Crippen molar-refractivity contribution in [3.05, 3.63) is 29.6 Å². The van der Waals surface area contributed by atoms with Crippen LogP contribution in [-0.2, 0) is 13.5 Å². The molecule has 3 heteroatoms. The lowest BCUT2D eigenvalue weighted by molar-refractivity contribution is 0.377. The normalized spacial score (nSPS) is 16.2. The van der Waals surface area contributed by atoms with Gasteiger partial charge in [0.2, 0.25) is 0 Å². The van der Waals surface area contributed by atoms with E-state index in [1.165, 1.54) is 29.7 Å². The summed E-state index contributed by atoms with van der Waals surface area (Å²) in [5.41, 5.74) is 9.72. The lowest BCUT2D eigenvalue weighted by Crippen LogP contribution is -2.25. The van der Waals surface area contributed by atoms with Gasteiger partial charge in [0.25, 0.3) is 0 Å². The van der Waals surface area contributed by atoms with E-state index in [1.54, 1.807) is 0 Å². The number of nitrogens with two attached hydrogens (primary N) is 1. The van der Waals surface area contributed by atoms with Crippen molar-refractivity contribution in [2.45, 2.75) is 39.0 Å². The van der Waals surface area contributed by atoms with Gasteiger partial charge in [0.05, 0.1) is 11.0 Å². The molecule has 0 saturated heterocycles.